The van der Waals surface area contributed by atoms with Crippen LogP contribution in [-0.4, -0.2) is 17.5 Å². The average Bonchev–Trinajstić information content (AvgIpc) is 1.69. The maximum Gasteiger partial charge on any atom is 0.0955 e. The largest absolute Gasteiger partial charge is 0.387 e. The van der Waals surface area contributed by atoms with Gasteiger partial charge in [0.1, 0.15) is 0 Å². The molecule has 2 N–H and O–H groups in total. The van der Waals surface area contributed by atoms with Crippen molar-refractivity contribution in [3.8, 4) is 0 Å². The second-order valence-corrected chi connectivity index (χ2v) is 2.51. The number of nitrogens with two attached hydrogens (primary N) is 1. The molecule has 0 aliphatic carbocycles. The predicted octanol–water partition coefficient (Wildman–Crippen LogP) is 0.438. The first-order chi connectivity index (χ1) is 3.39. The molecule has 1 aliphatic heterocycles. The summed E-state index contributed by atoms with van der Waals surface area (Å²) in [6.07, 6.45) is 0.977. The maximum atomic E-state index is 5.37. The van der Waals surface area contributed by atoms with E-state index in [2.05, 4.69) is 4.99 Å². The van der Waals surface area contributed by atoms with Gasteiger partial charge in [0.15, 0.2) is 0 Å². The lowest BCUT2D eigenvalue weighted by atomic mass is 10.4. The molecule has 1 aliphatic rings. The smallest absolute Gasteiger partial charge is 0.0955 e. The number of nitrogens with zero attached hydrogens (tertiary/aromatic N) is 1. The van der Waals surface area contributed by atoms with E-state index in [0.717, 1.165) is 23.9 Å². The van der Waals surface area contributed by atoms with Gasteiger partial charge in [-0.3, -0.25) is 4.99 Å². The zero-order valence-electron chi connectivity index (χ0n) is 4.05. The normalized spacial score (nSPS) is 21.4. The Morgan fingerprint density at radius 1 is 1.71 bits per heavy atom. The van der Waals surface area contributed by atoms with Gasteiger partial charge >= 0.3 is 0 Å². The summed E-state index contributed by atoms with van der Waals surface area (Å²) in [4.78, 5) is 3.99. The summed E-state index contributed by atoms with van der Waals surface area (Å²) >= 11 is 1.83. The zero-order valence-corrected chi connectivity index (χ0v) is 4.87. The van der Waals surface area contributed by atoms with Gasteiger partial charge < -0.3 is 5.73 Å². The Morgan fingerprint density at radius 2 is 2.57 bits per heavy atom. The Morgan fingerprint density at radius 3 is 2.86 bits per heavy atom. The number of hydrogen-bond donors (Lipinski definition) is 1. The predicted molar refractivity (Wildman–Crippen MR) is 33.6 cm³/mol. The summed E-state index contributed by atoms with van der Waals surface area (Å²) in [7, 11) is 0. The molecule has 0 unspecified atom stereocenters. The number of aliphatic imine (C=N–C) groups is 1. The highest BCUT2D eigenvalue weighted by Gasteiger charge is 1.97. The molecular formula is C4H8N2S. The second-order valence-electron chi connectivity index (χ2n) is 1.44. The van der Waals surface area contributed by atoms with Crippen molar-refractivity contribution >= 4 is 17.6 Å². The molecule has 1 heterocycles. The summed E-state index contributed by atoms with van der Waals surface area (Å²) in [5.41, 5.74) is 5.37. The number of thioether (sulfide) groups is 1. The topological polar surface area (TPSA) is 38.4 Å². The summed E-state index contributed by atoms with van der Waals surface area (Å²) in [5, 5.41) is 0. The first kappa shape index (κ1) is 4.97. The minimum atomic E-state index is 0.818. The SMILES string of the molecule is NC1=NCSCC1. The second kappa shape index (κ2) is 2.21. The highest BCUT2D eigenvalue weighted by atomic mass is 32.2. The molecule has 0 atom stereocenters. The number of hydrogen-bond acceptors (Lipinski definition) is 3. The molecule has 0 aromatic heterocycles. The molecular weight excluding hydrogens is 108 g/mol. The lowest BCUT2D eigenvalue weighted by Gasteiger charge is -2.04. The fourth-order valence-electron chi connectivity index (χ4n) is 0.449. The summed E-state index contributed by atoms with van der Waals surface area (Å²) in [6.45, 7) is 0. The van der Waals surface area contributed by atoms with Crippen molar-refractivity contribution < 1.29 is 0 Å². The third-order valence-corrected chi connectivity index (χ3v) is 1.67. The van der Waals surface area contributed by atoms with Crippen LogP contribution in [0.4, 0.5) is 0 Å². The molecule has 0 bridgehead atoms. The van der Waals surface area contributed by atoms with E-state index in [1.54, 1.807) is 0 Å². The summed E-state index contributed by atoms with van der Waals surface area (Å²) < 4.78 is 0. The van der Waals surface area contributed by atoms with Gasteiger partial charge in [-0.25, -0.2) is 0 Å². The molecule has 0 saturated heterocycles. The van der Waals surface area contributed by atoms with E-state index in [1.807, 2.05) is 11.8 Å². The van der Waals surface area contributed by atoms with Crippen LogP contribution in [0.3, 0.4) is 0 Å². The van der Waals surface area contributed by atoms with Crippen LogP contribution in [-0.2, 0) is 0 Å². The Bertz CT molecular complexity index is 89.7. The van der Waals surface area contributed by atoms with Crippen LogP contribution in [0.2, 0.25) is 0 Å². The van der Waals surface area contributed by atoms with Gasteiger partial charge in [-0.15, -0.1) is 11.8 Å². The van der Waals surface area contributed by atoms with Gasteiger partial charge in [-0.1, -0.05) is 0 Å². The highest BCUT2D eigenvalue weighted by Crippen LogP contribution is 2.07. The van der Waals surface area contributed by atoms with Crippen LogP contribution in [0.15, 0.2) is 4.99 Å². The van der Waals surface area contributed by atoms with Gasteiger partial charge in [0, 0.05) is 12.2 Å². The number of rotatable bonds is 0. The number of amidine groups is 1. The molecule has 0 saturated carbocycles. The van der Waals surface area contributed by atoms with Crippen LogP contribution in [0.1, 0.15) is 6.42 Å². The molecule has 3 heteroatoms. The van der Waals surface area contributed by atoms with Gasteiger partial charge in [0.05, 0.1) is 11.7 Å². The standard InChI is InChI=1S/C4H8N2S/c5-4-1-2-7-3-6-4/h1-3H2,(H2,5,6). The van der Waals surface area contributed by atoms with Crippen molar-refractivity contribution in [1.82, 2.24) is 0 Å². The first-order valence-electron chi connectivity index (χ1n) is 2.26. The quantitative estimate of drug-likeness (QED) is 0.498. The molecule has 40 valence electrons. The van der Waals surface area contributed by atoms with Gasteiger partial charge in [0.25, 0.3) is 0 Å². The van der Waals surface area contributed by atoms with Crippen molar-refractivity contribution in [1.29, 1.82) is 0 Å². The van der Waals surface area contributed by atoms with Crippen LogP contribution >= 0.6 is 11.8 Å². The van der Waals surface area contributed by atoms with Crippen LogP contribution in [0.25, 0.3) is 0 Å². The fourth-order valence-corrected chi connectivity index (χ4v) is 1.19. The van der Waals surface area contributed by atoms with E-state index in [0.29, 0.717) is 0 Å². The zero-order chi connectivity index (χ0) is 5.11. The highest BCUT2D eigenvalue weighted by molar-refractivity contribution is 7.99. The third-order valence-electron chi connectivity index (χ3n) is 0.861. The van der Waals surface area contributed by atoms with Crippen molar-refractivity contribution in [2.45, 2.75) is 6.42 Å². The Hall–Kier alpha value is -0.180. The van der Waals surface area contributed by atoms with E-state index in [-0.39, 0.29) is 0 Å². The summed E-state index contributed by atoms with van der Waals surface area (Å²) in [5.74, 6) is 2.83. The van der Waals surface area contributed by atoms with Gasteiger partial charge in [0.2, 0.25) is 0 Å². The first-order valence-corrected chi connectivity index (χ1v) is 3.41. The monoisotopic (exact) mass is 116 g/mol. The lowest BCUT2D eigenvalue weighted by Crippen LogP contribution is -2.15. The van der Waals surface area contributed by atoms with E-state index < -0.39 is 0 Å². The molecule has 0 radical (unpaired) electrons. The Balaban J connectivity index is 2.40. The van der Waals surface area contributed by atoms with Gasteiger partial charge in [-0.05, 0) is 0 Å². The molecule has 0 amide bonds. The van der Waals surface area contributed by atoms with Crippen molar-refractivity contribution in [2.24, 2.45) is 10.7 Å². The minimum Gasteiger partial charge on any atom is -0.387 e. The molecule has 0 fully saturated rings. The third kappa shape index (κ3) is 1.39. The van der Waals surface area contributed by atoms with E-state index >= 15 is 0 Å². The van der Waals surface area contributed by atoms with Crippen LogP contribution in [0, 0.1) is 0 Å². The average molecular weight is 116 g/mol. The van der Waals surface area contributed by atoms with Crippen LogP contribution < -0.4 is 5.73 Å². The fraction of sp³-hybridized carbons (Fsp3) is 0.750. The molecule has 1 rings (SSSR count). The molecule has 0 aromatic carbocycles. The van der Waals surface area contributed by atoms with Crippen molar-refractivity contribution in [3.63, 3.8) is 0 Å². The van der Waals surface area contributed by atoms with E-state index in [9.17, 15) is 0 Å². The Kier molecular flexibility index (Phi) is 1.57. The molecule has 7 heavy (non-hydrogen) atoms. The lowest BCUT2D eigenvalue weighted by molar-refractivity contribution is 1.17. The maximum absolute atomic E-state index is 5.37. The van der Waals surface area contributed by atoms with E-state index in [4.69, 9.17) is 5.73 Å². The van der Waals surface area contributed by atoms with Gasteiger partial charge in [-0.2, -0.15) is 0 Å². The molecule has 2 nitrogen and oxygen atoms in total. The minimum absolute atomic E-state index is 0.818. The van der Waals surface area contributed by atoms with Crippen molar-refractivity contribution in [3.05, 3.63) is 0 Å². The molecule has 0 aromatic rings. The van der Waals surface area contributed by atoms with Crippen molar-refractivity contribution in [2.75, 3.05) is 11.6 Å². The molecule has 0 spiro atoms. The van der Waals surface area contributed by atoms with Crippen LogP contribution in [0.5, 0.6) is 0 Å². The van der Waals surface area contributed by atoms with E-state index in [1.165, 1.54) is 0 Å². The summed E-state index contributed by atoms with van der Waals surface area (Å²) in [6, 6.07) is 0. The Labute approximate surface area is 47.2 Å².